The van der Waals surface area contributed by atoms with Crippen LogP contribution in [0, 0.1) is 0 Å². The van der Waals surface area contributed by atoms with Gasteiger partial charge in [-0.2, -0.15) is 0 Å². The SMILES string of the molecule is CCN(Cc1nc2ccccc2c(=O)[nH]1)C(C(=O)NC(N)=O)c1ccccc1. The molecule has 1 heterocycles. The van der Waals surface area contributed by atoms with Crippen LogP contribution in [-0.4, -0.2) is 33.4 Å². The van der Waals surface area contributed by atoms with E-state index in [2.05, 4.69) is 15.3 Å². The number of imide groups is 1. The van der Waals surface area contributed by atoms with Crippen LogP contribution in [0.1, 0.15) is 24.4 Å². The Morgan fingerprint density at radius 3 is 2.50 bits per heavy atom. The van der Waals surface area contributed by atoms with Crippen LogP contribution in [0.15, 0.2) is 59.4 Å². The summed E-state index contributed by atoms with van der Waals surface area (Å²) in [5.41, 5.74) is 6.17. The second-order valence-corrected chi connectivity index (χ2v) is 6.26. The van der Waals surface area contributed by atoms with E-state index in [9.17, 15) is 14.4 Å². The van der Waals surface area contributed by atoms with E-state index in [1.807, 2.05) is 31.2 Å². The lowest BCUT2D eigenvalue weighted by atomic mass is 10.0. The number of fused-ring (bicyclic) bond motifs is 1. The van der Waals surface area contributed by atoms with Gasteiger partial charge in [-0.05, 0) is 24.2 Å². The number of carbonyl (C=O) groups excluding carboxylic acids is 2. The number of carbonyl (C=O) groups is 2. The van der Waals surface area contributed by atoms with E-state index in [4.69, 9.17) is 5.73 Å². The van der Waals surface area contributed by atoms with Gasteiger partial charge in [-0.15, -0.1) is 0 Å². The van der Waals surface area contributed by atoms with Crippen molar-refractivity contribution in [3.05, 3.63) is 76.3 Å². The minimum atomic E-state index is -0.917. The molecule has 0 spiro atoms. The lowest BCUT2D eigenvalue weighted by Crippen LogP contribution is -2.44. The number of amides is 3. The zero-order valence-electron chi connectivity index (χ0n) is 15.4. The number of para-hydroxylation sites is 1. The molecule has 3 aromatic rings. The molecular formula is C20H21N5O3. The first-order valence-electron chi connectivity index (χ1n) is 8.86. The number of H-pyrrole nitrogens is 1. The van der Waals surface area contributed by atoms with E-state index in [0.717, 1.165) is 0 Å². The van der Waals surface area contributed by atoms with E-state index in [-0.39, 0.29) is 12.1 Å². The number of hydrogen-bond acceptors (Lipinski definition) is 5. The van der Waals surface area contributed by atoms with Crippen molar-refractivity contribution in [3.8, 4) is 0 Å². The average molecular weight is 379 g/mol. The Hall–Kier alpha value is -3.52. The molecule has 1 unspecified atom stereocenters. The van der Waals surface area contributed by atoms with E-state index in [0.29, 0.717) is 28.8 Å². The number of urea groups is 1. The second kappa shape index (κ2) is 8.45. The molecule has 0 aliphatic heterocycles. The van der Waals surface area contributed by atoms with E-state index in [1.165, 1.54) is 0 Å². The van der Waals surface area contributed by atoms with Crippen LogP contribution in [0.2, 0.25) is 0 Å². The predicted octanol–water partition coefficient (Wildman–Crippen LogP) is 1.68. The van der Waals surface area contributed by atoms with Gasteiger partial charge >= 0.3 is 6.03 Å². The summed E-state index contributed by atoms with van der Waals surface area (Å²) in [6.07, 6.45) is 0. The number of aromatic nitrogens is 2. The van der Waals surface area contributed by atoms with Crippen LogP contribution < -0.4 is 16.6 Å². The Kier molecular flexibility index (Phi) is 5.81. The maximum atomic E-state index is 12.7. The maximum absolute atomic E-state index is 12.7. The van der Waals surface area contributed by atoms with Crippen molar-refractivity contribution in [3.63, 3.8) is 0 Å². The number of aromatic amines is 1. The Balaban J connectivity index is 1.97. The average Bonchev–Trinajstić information content (AvgIpc) is 2.68. The summed E-state index contributed by atoms with van der Waals surface area (Å²) < 4.78 is 0. The van der Waals surface area contributed by atoms with Gasteiger partial charge in [-0.3, -0.25) is 19.8 Å². The smallest absolute Gasteiger partial charge is 0.318 e. The fourth-order valence-electron chi connectivity index (χ4n) is 3.14. The van der Waals surface area contributed by atoms with Crippen LogP contribution in [0.4, 0.5) is 4.79 Å². The monoisotopic (exact) mass is 379 g/mol. The fourth-order valence-corrected chi connectivity index (χ4v) is 3.14. The van der Waals surface area contributed by atoms with Gasteiger partial charge in [0, 0.05) is 0 Å². The zero-order chi connectivity index (χ0) is 20.1. The minimum absolute atomic E-state index is 0.211. The number of hydrogen-bond donors (Lipinski definition) is 3. The summed E-state index contributed by atoms with van der Waals surface area (Å²) in [6, 6.07) is 14.4. The van der Waals surface area contributed by atoms with Gasteiger partial charge < -0.3 is 10.7 Å². The van der Waals surface area contributed by atoms with Gasteiger partial charge in [-0.1, -0.05) is 49.4 Å². The van der Waals surface area contributed by atoms with Crippen LogP contribution in [0.25, 0.3) is 10.9 Å². The molecule has 0 radical (unpaired) electrons. The highest BCUT2D eigenvalue weighted by molar-refractivity contribution is 5.96. The molecule has 0 aliphatic carbocycles. The van der Waals surface area contributed by atoms with Crippen molar-refractivity contribution < 1.29 is 9.59 Å². The summed E-state index contributed by atoms with van der Waals surface area (Å²) in [7, 11) is 0. The van der Waals surface area contributed by atoms with Crippen molar-refractivity contribution in [2.24, 2.45) is 5.73 Å². The first-order valence-corrected chi connectivity index (χ1v) is 8.86. The normalized spacial score (nSPS) is 12.1. The molecule has 144 valence electrons. The molecule has 0 bridgehead atoms. The van der Waals surface area contributed by atoms with Gasteiger partial charge in [0.2, 0.25) is 5.91 Å². The van der Waals surface area contributed by atoms with Crippen molar-refractivity contribution >= 4 is 22.8 Å². The van der Waals surface area contributed by atoms with Crippen molar-refractivity contribution in [1.82, 2.24) is 20.2 Å². The molecule has 4 N–H and O–H groups in total. The first kappa shape index (κ1) is 19.2. The molecule has 0 aliphatic rings. The second-order valence-electron chi connectivity index (χ2n) is 6.26. The molecule has 0 saturated heterocycles. The zero-order valence-corrected chi connectivity index (χ0v) is 15.4. The third kappa shape index (κ3) is 4.24. The molecule has 3 amide bonds. The van der Waals surface area contributed by atoms with E-state index >= 15 is 0 Å². The summed E-state index contributed by atoms with van der Waals surface area (Å²) >= 11 is 0. The van der Waals surface area contributed by atoms with Crippen LogP contribution in [-0.2, 0) is 11.3 Å². The standard InChI is InChI=1S/C20H21N5O3/c1-2-25(12-16-22-15-11-7-6-10-14(15)18(26)23-16)17(19(27)24-20(21)28)13-8-4-3-5-9-13/h3-11,17H,2,12H2,1H3,(H,22,23,26)(H3,21,24,27,28). The summed E-state index contributed by atoms with van der Waals surface area (Å²) in [5.74, 6) is -0.109. The van der Waals surface area contributed by atoms with Gasteiger partial charge in [0.05, 0.1) is 17.4 Å². The molecule has 3 rings (SSSR count). The number of nitrogens with one attached hydrogen (secondary N) is 2. The molecule has 1 atom stereocenters. The number of benzene rings is 2. The third-order valence-electron chi connectivity index (χ3n) is 4.40. The highest BCUT2D eigenvalue weighted by Gasteiger charge is 2.28. The third-order valence-corrected chi connectivity index (χ3v) is 4.40. The topological polar surface area (TPSA) is 121 Å². The quantitative estimate of drug-likeness (QED) is 0.602. The van der Waals surface area contributed by atoms with Crippen LogP contribution in [0.3, 0.4) is 0 Å². The fraction of sp³-hybridized carbons (Fsp3) is 0.200. The number of rotatable bonds is 6. The van der Waals surface area contributed by atoms with Crippen molar-refractivity contribution in [2.75, 3.05) is 6.54 Å². The molecule has 8 nitrogen and oxygen atoms in total. The van der Waals surface area contributed by atoms with Crippen molar-refractivity contribution in [2.45, 2.75) is 19.5 Å². The highest BCUT2D eigenvalue weighted by atomic mass is 16.2. The Morgan fingerprint density at radius 2 is 1.82 bits per heavy atom. The Morgan fingerprint density at radius 1 is 1.14 bits per heavy atom. The van der Waals surface area contributed by atoms with Gasteiger partial charge in [-0.25, -0.2) is 9.78 Å². The molecule has 0 saturated carbocycles. The number of nitrogens with zero attached hydrogens (tertiary/aromatic N) is 2. The lowest BCUT2D eigenvalue weighted by molar-refractivity contribution is -0.125. The summed E-state index contributed by atoms with van der Waals surface area (Å²) in [6.45, 7) is 2.57. The largest absolute Gasteiger partial charge is 0.351 e. The lowest BCUT2D eigenvalue weighted by Gasteiger charge is -2.29. The summed E-state index contributed by atoms with van der Waals surface area (Å²) in [4.78, 5) is 45.3. The maximum Gasteiger partial charge on any atom is 0.318 e. The minimum Gasteiger partial charge on any atom is -0.351 e. The Labute approximate surface area is 161 Å². The molecule has 0 fully saturated rings. The van der Waals surface area contributed by atoms with Gasteiger partial charge in [0.25, 0.3) is 5.56 Å². The molecule has 8 heteroatoms. The van der Waals surface area contributed by atoms with Gasteiger partial charge in [0.1, 0.15) is 11.9 Å². The van der Waals surface area contributed by atoms with Crippen LogP contribution in [0.5, 0.6) is 0 Å². The molecular weight excluding hydrogens is 358 g/mol. The number of nitrogens with two attached hydrogens (primary N) is 1. The van der Waals surface area contributed by atoms with Crippen LogP contribution >= 0.6 is 0 Å². The molecule has 28 heavy (non-hydrogen) atoms. The molecule has 1 aromatic heterocycles. The van der Waals surface area contributed by atoms with Crippen molar-refractivity contribution in [1.29, 1.82) is 0 Å². The highest BCUT2D eigenvalue weighted by Crippen LogP contribution is 2.22. The molecule has 2 aromatic carbocycles. The van der Waals surface area contributed by atoms with E-state index in [1.54, 1.807) is 35.2 Å². The number of primary amides is 1. The first-order chi connectivity index (χ1) is 13.5. The van der Waals surface area contributed by atoms with Gasteiger partial charge in [0.15, 0.2) is 0 Å². The summed E-state index contributed by atoms with van der Waals surface area (Å²) in [5, 5.41) is 2.65. The number of likely N-dealkylation sites (N-methyl/N-ethyl adjacent to an activating group) is 1. The predicted molar refractivity (Wildman–Crippen MR) is 105 cm³/mol. The Bertz CT molecular complexity index is 1050. The van der Waals surface area contributed by atoms with E-state index < -0.39 is 18.0 Å².